The van der Waals surface area contributed by atoms with Crippen LogP contribution in [0.3, 0.4) is 0 Å². The first-order valence-corrected chi connectivity index (χ1v) is 5.47. The molecular formula is C9H13N3O3S. The Morgan fingerprint density at radius 3 is 2.69 bits per heavy atom. The Kier molecular flexibility index (Phi) is 4.74. The van der Waals surface area contributed by atoms with E-state index in [1.807, 2.05) is 0 Å². The first-order valence-electron chi connectivity index (χ1n) is 4.65. The molecule has 0 atom stereocenters. The van der Waals surface area contributed by atoms with Crippen molar-refractivity contribution in [3.05, 3.63) is 21.9 Å². The first kappa shape index (κ1) is 12.5. The van der Waals surface area contributed by atoms with E-state index in [1.165, 1.54) is 11.3 Å². The third-order valence-corrected chi connectivity index (χ3v) is 2.85. The van der Waals surface area contributed by atoms with E-state index in [9.17, 15) is 9.59 Å². The SMILES string of the molecule is NC(=O)NCCNCc1ccc(C(=O)O)s1. The van der Waals surface area contributed by atoms with Crippen LogP contribution < -0.4 is 16.4 Å². The molecule has 88 valence electrons. The summed E-state index contributed by atoms with van der Waals surface area (Å²) in [5, 5.41) is 14.2. The highest BCUT2D eigenvalue weighted by Gasteiger charge is 2.05. The summed E-state index contributed by atoms with van der Waals surface area (Å²) in [4.78, 5) is 22.2. The lowest BCUT2D eigenvalue weighted by molar-refractivity contribution is 0.0702. The smallest absolute Gasteiger partial charge is 0.345 e. The molecule has 0 unspecified atom stereocenters. The minimum Gasteiger partial charge on any atom is -0.477 e. The number of amides is 2. The largest absolute Gasteiger partial charge is 0.477 e. The van der Waals surface area contributed by atoms with Crippen molar-refractivity contribution in [3.63, 3.8) is 0 Å². The molecule has 7 heteroatoms. The second-order valence-corrected chi connectivity index (χ2v) is 4.21. The summed E-state index contributed by atoms with van der Waals surface area (Å²) in [6.45, 7) is 1.62. The Morgan fingerprint density at radius 2 is 2.12 bits per heavy atom. The zero-order valence-corrected chi connectivity index (χ0v) is 9.34. The van der Waals surface area contributed by atoms with E-state index in [4.69, 9.17) is 10.8 Å². The van der Waals surface area contributed by atoms with Gasteiger partial charge in [-0.1, -0.05) is 0 Å². The van der Waals surface area contributed by atoms with Gasteiger partial charge in [0, 0.05) is 24.5 Å². The summed E-state index contributed by atoms with van der Waals surface area (Å²) >= 11 is 1.23. The van der Waals surface area contributed by atoms with E-state index in [-0.39, 0.29) is 0 Å². The Morgan fingerprint density at radius 1 is 1.38 bits per heavy atom. The number of primary amides is 1. The highest BCUT2D eigenvalue weighted by Crippen LogP contribution is 2.15. The number of carbonyl (C=O) groups is 2. The monoisotopic (exact) mass is 243 g/mol. The van der Waals surface area contributed by atoms with E-state index in [0.717, 1.165) is 4.88 Å². The molecule has 0 saturated heterocycles. The normalized spacial score (nSPS) is 10.0. The van der Waals surface area contributed by atoms with Gasteiger partial charge in [0.05, 0.1) is 0 Å². The number of hydrogen-bond donors (Lipinski definition) is 4. The van der Waals surface area contributed by atoms with Crippen molar-refractivity contribution in [2.45, 2.75) is 6.54 Å². The molecule has 0 fully saturated rings. The number of urea groups is 1. The van der Waals surface area contributed by atoms with Gasteiger partial charge in [-0.3, -0.25) is 0 Å². The molecule has 0 radical (unpaired) electrons. The zero-order valence-electron chi connectivity index (χ0n) is 8.53. The van der Waals surface area contributed by atoms with Gasteiger partial charge >= 0.3 is 12.0 Å². The molecule has 0 spiro atoms. The lowest BCUT2D eigenvalue weighted by atomic mass is 10.4. The fraction of sp³-hybridized carbons (Fsp3) is 0.333. The number of nitrogens with one attached hydrogen (secondary N) is 2. The van der Waals surface area contributed by atoms with Crippen LogP contribution in [0.1, 0.15) is 14.5 Å². The maximum atomic E-state index is 10.6. The molecule has 0 aliphatic heterocycles. The molecule has 0 aromatic carbocycles. The topological polar surface area (TPSA) is 104 Å². The Balaban J connectivity index is 2.21. The van der Waals surface area contributed by atoms with Crippen LogP contribution in [0.4, 0.5) is 4.79 Å². The molecule has 0 aliphatic carbocycles. The van der Waals surface area contributed by atoms with Gasteiger partial charge in [0.25, 0.3) is 0 Å². The third-order valence-electron chi connectivity index (χ3n) is 1.77. The van der Waals surface area contributed by atoms with Crippen molar-refractivity contribution in [2.24, 2.45) is 5.73 Å². The fourth-order valence-electron chi connectivity index (χ4n) is 1.07. The molecule has 0 saturated carbocycles. The fourth-order valence-corrected chi connectivity index (χ4v) is 1.89. The van der Waals surface area contributed by atoms with Crippen LogP contribution in [0, 0.1) is 0 Å². The Hall–Kier alpha value is -1.60. The van der Waals surface area contributed by atoms with E-state index in [2.05, 4.69) is 10.6 Å². The number of hydrogen-bond acceptors (Lipinski definition) is 4. The zero-order chi connectivity index (χ0) is 12.0. The molecule has 1 aromatic rings. The quantitative estimate of drug-likeness (QED) is 0.536. The number of aromatic carboxylic acids is 1. The Labute approximate surface area is 96.5 Å². The van der Waals surface area contributed by atoms with Crippen LogP contribution in [-0.2, 0) is 6.54 Å². The number of nitrogens with two attached hydrogens (primary N) is 1. The second-order valence-electron chi connectivity index (χ2n) is 3.04. The molecule has 0 bridgehead atoms. The van der Waals surface area contributed by atoms with Crippen molar-refractivity contribution in [1.29, 1.82) is 0 Å². The molecule has 16 heavy (non-hydrogen) atoms. The summed E-state index contributed by atoms with van der Waals surface area (Å²) in [6, 6.07) is 2.79. The molecule has 1 heterocycles. The van der Waals surface area contributed by atoms with Gasteiger partial charge in [-0.05, 0) is 12.1 Å². The molecule has 0 aliphatic rings. The Bertz CT molecular complexity index is 378. The lowest BCUT2D eigenvalue weighted by Gasteiger charge is -2.02. The molecule has 2 amide bonds. The highest BCUT2D eigenvalue weighted by molar-refractivity contribution is 7.13. The number of carboxylic acids is 1. The summed E-state index contributed by atoms with van der Waals surface area (Å²) in [5.74, 6) is -0.911. The van der Waals surface area contributed by atoms with Gasteiger partial charge in [0.15, 0.2) is 0 Å². The summed E-state index contributed by atoms with van der Waals surface area (Å²) < 4.78 is 0. The first-order chi connectivity index (χ1) is 7.59. The highest BCUT2D eigenvalue weighted by atomic mass is 32.1. The standard InChI is InChI=1S/C9H13N3O3S/c10-9(15)12-4-3-11-5-6-1-2-7(16-6)8(13)14/h1-2,11H,3-5H2,(H,13,14)(H3,10,12,15). The van der Waals surface area contributed by atoms with Crippen LogP contribution in [-0.4, -0.2) is 30.2 Å². The van der Waals surface area contributed by atoms with E-state index >= 15 is 0 Å². The molecule has 1 rings (SSSR count). The van der Waals surface area contributed by atoms with Crippen molar-refractivity contribution in [2.75, 3.05) is 13.1 Å². The molecule has 5 N–H and O–H groups in total. The van der Waals surface area contributed by atoms with Gasteiger partial charge in [0.2, 0.25) is 0 Å². The van der Waals surface area contributed by atoms with Crippen LogP contribution in [0.15, 0.2) is 12.1 Å². The van der Waals surface area contributed by atoms with Gasteiger partial charge < -0.3 is 21.5 Å². The van der Waals surface area contributed by atoms with Crippen LogP contribution in [0.25, 0.3) is 0 Å². The molecule has 1 aromatic heterocycles. The second kappa shape index (κ2) is 6.09. The summed E-state index contributed by atoms with van der Waals surface area (Å²) in [6.07, 6.45) is 0. The van der Waals surface area contributed by atoms with E-state index in [0.29, 0.717) is 24.5 Å². The van der Waals surface area contributed by atoms with E-state index in [1.54, 1.807) is 12.1 Å². The van der Waals surface area contributed by atoms with Gasteiger partial charge in [0.1, 0.15) is 4.88 Å². The summed E-state index contributed by atoms with van der Waals surface area (Å²) in [7, 11) is 0. The predicted molar refractivity (Wildman–Crippen MR) is 60.6 cm³/mol. The van der Waals surface area contributed by atoms with Crippen LogP contribution >= 0.6 is 11.3 Å². The molecule has 6 nitrogen and oxygen atoms in total. The lowest BCUT2D eigenvalue weighted by Crippen LogP contribution is -2.35. The maximum Gasteiger partial charge on any atom is 0.345 e. The van der Waals surface area contributed by atoms with Crippen molar-refractivity contribution < 1.29 is 14.7 Å². The average Bonchev–Trinajstić information content (AvgIpc) is 2.65. The molecular weight excluding hydrogens is 230 g/mol. The van der Waals surface area contributed by atoms with E-state index < -0.39 is 12.0 Å². The minimum absolute atomic E-state index is 0.326. The van der Waals surface area contributed by atoms with Gasteiger partial charge in [-0.25, -0.2) is 9.59 Å². The maximum absolute atomic E-state index is 10.6. The van der Waals surface area contributed by atoms with Crippen molar-refractivity contribution in [1.82, 2.24) is 10.6 Å². The van der Waals surface area contributed by atoms with Crippen LogP contribution in [0.2, 0.25) is 0 Å². The summed E-state index contributed by atoms with van der Waals surface area (Å²) in [5.41, 5.74) is 4.88. The average molecular weight is 243 g/mol. The van der Waals surface area contributed by atoms with Crippen LogP contribution in [0.5, 0.6) is 0 Å². The number of carbonyl (C=O) groups excluding carboxylic acids is 1. The predicted octanol–water partition coefficient (Wildman–Crippen LogP) is 0.204. The van der Waals surface area contributed by atoms with Crippen molar-refractivity contribution >= 4 is 23.3 Å². The third kappa shape index (κ3) is 4.28. The van der Waals surface area contributed by atoms with Crippen molar-refractivity contribution in [3.8, 4) is 0 Å². The number of thiophene rings is 1. The number of carboxylic acid groups (broad SMARTS) is 1. The van der Waals surface area contributed by atoms with Gasteiger partial charge in [-0.15, -0.1) is 11.3 Å². The minimum atomic E-state index is -0.911. The number of rotatable bonds is 6. The van der Waals surface area contributed by atoms with Gasteiger partial charge in [-0.2, -0.15) is 0 Å².